The lowest BCUT2D eigenvalue weighted by atomic mass is 10.0. The summed E-state index contributed by atoms with van der Waals surface area (Å²) in [4.78, 5) is 26.7. The molecular formula is C32H31ClN2O4. The van der Waals surface area contributed by atoms with Crippen LogP contribution in [0.1, 0.15) is 36.7 Å². The van der Waals surface area contributed by atoms with Crippen molar-refractivity contribution < 1.29 is 19.8 Å². The van der Waals surface area contributed by atoms with E-state index in [9.17, 15) is 14.7 Å². The molecule has 6 nitrogen and oxygen atoms in total. The van der Waals surface area contributed by atoms with Crippen molar-refractivity contribution in [1.29, 1.82) is 0 Å². The molecular weight excluding hydrogens is 512 g/mol. The van der Waals surface area contributed by atoms with Gasteiger partial charge in [0, 0.05) is 11.1 Å². The molecule has 0 bridgehead atoms. The van der Waals surface area contributed by atoms with Crippen LogP contribution in [0.2, 0.25) is 5.02 Å². The molecule has 3 aromatic carbocycles. The van der Waals surface area contributed by atoms with Gasteiger partial charge in [-0.15, -0.1) is 0 Å². The third-order valence-corrected chi connectivity index (χ3v) is 6.61. The summed E-state index contributed by atoms with van der Waals surface area (Å²) in [6, 6.07) is 22.4. The predicted molar refractivity (Wildman–Crippen MR) is 158 cm³/mol. The highest BCUT2D eigenvalue weighted by Crippen LogP contribution is 2.37. The second-order valence-electron chi connectivity index (χ2n) is 8.93. The molecule has 200 valence electrons. The quantitative estimate of drug-likeness (QED) is 0.226. The number of nitrogens with zero attached hydrogens (tertiary/aromatic N) is 1. The Morgan fingerprint density at radius 2 is 1.67 bits per heavy atom. The van der Waals surface area contributed by atoms with Gasteiger partial charge in [0.15, 0.2) is 0 Å². The first-order valence-electron chi connectivity index (χ1n) is 12.1. The number of phenolic OH excluding ortho intramolecular Hbond substituents is 1. The normalized spacial score (nSPS) is 11.6. The number of aryl methyl sites for hydroxylation is 2. The Kier molecular flexibility index (Phi) is 9.28. The fourth-order valence-electron chi connectivity index (χ4n) is 4.15. The summed E-state index contributed by atoms with van der Waals surface area (Å²) >= 11 is 6.34. The van der Waals surface area contributed by atoms with Crippen LogP contribution in [0.4, 0.5) is 5.69 Å². The van der Waals surface area contributed by atoms with Gasteiger partial charge in [0.25, 0.3) is 5.91 Å². The van der Waals surface area contributed by atoms with Gasteiger partial charge in [-0.25, -0.2) is 4.98 Å². The van der Waals surface area contributed by atoms with Crippen LogP contribution in [-0.2, 0) is 22.4 Å². The smallest absolute Gasteiger partial charge is 0.307 e. The summed E-state index contributed by atoms with van der Waals surface area (Å²) in [6.07, 6.45) is 1.08. The lowest BCUT2D eigenvalue weighted by Gasteiger charge is -2.09. The molecule has 0 saturated carbocycles. The summed E-state index contributed by atoms with van der Waals surface area (Å²) in [5.74, 6) is -0.799. The van der Waals surface area contributed by atoms with Crippen molar-refractivity contribution >= 4 is 34.7 Å². The highest BCUT2D eigenvalue weighted by molar-refractivity contribution is 6.35. The number of aromatic nitrogens is 1. The predicted octanol–water partition coefficient (Wildman–Crippen LogP) is 7.56. The summed E-state index contributed by atoms with van der Waals surface area (Å²) in [7, 11) is 0. The molecule has 39 heavy (non-hydrogen) atoms. The van der Waals surface area contributed by atoms with Crippen LogP contribution < -0.4 is 5.32 Å². The summed E-state index contributed by atoms with van der Waals surface area (Å²) < 4.78 is 0. The number of carbonyl (C=O) groups excluding carboxylic acids is 1. The molecule has 0 spiro atoms. The van der Waals surface area contributed by atoms with Crippen molar-refractivity contribution in [3.63, 3.8) is 0 Å². The Morgan fingerprint density at radius 3 is 2.31 bits per heavy atom. The zero-order chi connectivity index (χ0) is 27.4. The molecule has 0 unspecified atom stereocenters. The fraction of sp³-hybridized carbons (Fsp3) is 0.156. The largest absolute Gasteiger partial charge is 0.507 e. The monoisotopic (exact) mass is 542 g/mol. The topological polar surface area (TPSA) is 99.5 Å². The second kappa shape index (κ2) is 12.4. The van der Waals surface area contributed by atoms with Gasteiger partial charge in [0.1, 0.15) is 5.75 Å². The third-order valence-electron chi connectivity index (χ3n) is 6.32. The molecule has 0 atom stereocenters. The van der Waals surface area contributed by atoms with Gasteiger partial charge in [0.05, 0.1) is 34.1 Å². The third kappa shape index (κ3) is 6.54. The van der Waals surface area contributed by atoms with E-state index in [2.05, 4.69) is 23.8 Å². The Balaban J connectivity index is 0.000000256. The minimum atomic E-state index is -0.767. The molecule has 4 aromatic rings. The van der Waals surface area contributed by atoms with Crippen LogP contribution in [0.3, 0.4) is 0 Å². The van der Waals surface area contributed by atoms with Crippen LogP contribution in [0.15, 0.2) is 79.4 Å². The van der Waals surface area contributed by atoms with Gasteiger partial charge in [-0.2, -0.15) is 0 Å². The number of pyridine rings is 1. The SMILES string of the molecule is C.C=C1C(=O)Nc2cc(Cl)c(-c3ccc(-c4ccccc4O)cc3)nc21.CCc1ccc(C)c(CC(=O)O)c1. The van der Waals surface area contributed by atoms with E-state index in [1.165, 1.54) is 5.56 Å². The summed E-state index contributed by atoms with van der Waals surface area (Å²) in [5, 5.41) is 21.8. The Morgan fingerprint density at radius 1 is 1.00 bits per heavy atom. The number of aromatic hydroxyl groups is 1. The van der Waals surface area contributed by atoms with E-state index < -0.39 is 5.97 Å². The van der Waals surface area contributed by atoms with E-state index in [1.54, 1.807) is 18.2 Å². The number of hydrogen-bond acceptors (Lipinski definition) is 4. The maximum Gasteiger partial charge on any atom is 0.307 e. The molecule has 0 radical (unpaired) electrons. The first kappa shape index (κ1) is 29.1. The Labute approximate surface area is 233 Å². The maximum absolute atomic E-state index is 11.7. The Hall–Kier alpha value is -4.42. The van der Waals surface area contributed by atoms with Crippen molar-refractivity contribution in [3.8, 4) is 28.1 Å². The molecule has 7 heteroatoms. The molecule has 2 heterocycles. The number of benzene rings is 3. The van der Waals surface area contributed by atoms with E-state index in [0.717, 1.165) is 34.2 Å². The minimum Gasteiger partial charge on any atom is -0.507 e. The number of amides is 1. The Bertz CT molecular complexity index is 1540. The molecule has 0 saturated heterocycles. The number of rotatable bonds is 5. The molecule has 3 N–H and O–H groups in total. The van der Waals surface area contributed by atoms with Crippen LogP contribution >= 0.6 is 11.6 Å². The van der Waals surface area contributed by atoms with E-state index in [4.69, 9.17) is 16.7 Å². The number of nitrogens with one attached hydrogen (secondary N) is 1. The number of aliphatic carboxylic acids is 1. The highest BCUT2D eigenvalue weighted by Gasteiger charge is 2.25. The molecule has 1 amide bonds. The zero-order valence-corrected chi connectivity index (χ0v) is 21.8. The van der Waals surface area contributed by atoms with Gasteiger partial charge < -0.3 is 15.5 Å². The van der Waals surface area contributed by atoms with E-state index in [0.29, 0.717) is 27.7 Å². The number of fused-ring (bicyclic) bond motifs is 1. The van der Waals surface area contributed by atoms with Crippen molar-refractivity contribution in [2.24, 2.45) is 0 Å². The second-order valence-corrected chi connectivity index (χ2v) is 9.33. The number of halogens is 1. The molecule has 1 aromatic heterocycles. The molecule has 1 aliphatic rings. The van der Waals surface area contributed by atoms with Gasteiger partial charge in [-0.3, -0.25) is 9.59 Å². The van der Waals surface area contributed by atoms with Gasteiger partial charge in [-0.1, -0.05) is 93.2 Å². The molecule has 0 fully saturated rings. The molecule has 5 rings (SSSR count). The summed E-state index contributed by atoms with van der Waals surface area (Å²) in [5.41, 5.74) is 7.66. The average molecular weight is 543 g/mol. The lowest BCUT2D eigenvalue weighted by molar-refractivity contribution is -0.136. The summed E-state index contributed by atoms with van der Waals surface area (Å²) in [6.45, 7) is 7.77. The number of para-hydroxylation sites is 1. The van der Waals surface area contributed by atoms with E-state index in [-0.39, 0.29) is 25.5 Å². The van der Waals surface area contributed by atoms with Gasteiger partial charge >= 0.3 is 5.97 Å². The fourth-order valence-corrected chi connectivity index (χ4v) is 4.41. The molecule has 1 aliphatic heterocycles. The first-order chi connectivity index (χ1) is 18.2. The van der Waals surface area contributed by atoms with Crippen LogP contribution in [0.25, 0.3) is 28.0 Å². The van der Waals surface area contributed by atoms with Crippen molar-refractivity contribution in [3.05, 3.63) is 107 Å². The molecule has 0 aliphatic carbocycles. The van der Waals surface area contributed by atoms with Gasteiger partial charge in [0.2, 0.25) is 0 Å². The standard InChI is InChI=1S/C20H13ClN2O2.C11H14O2.CH4/c1-11-18-16(22-20(11)25)10-15(21)19(23-18)13-8-6-12(7-9-13)14-4-2-3-5-17(14)24;1-3-9-5-4-8(2)10(6-9)7-11(12)13;/h2-10,24H,1H2,(H,22,25);4-6H,3,7H2,1-2H3,(H,12,13);1H4. The minimum absolute atomic E-state index is 0. The first-order valence-corrected chi connectivity index (χ1v) is 12.5. The van der Waals surface area contributed by atoms with Gasteiger partial charge in [-0.05, 0) is 47.7 Å². The van der Waals surface area contributed by atoms with Crippen molar-refractivity contribution in [1.82, 2.24) is 4.98 Å². The van der Waals surface area contributed by atoms with E-state index >= 15 is 0 Å². The van der Waals surface area contributed by atoms with Crippen LogP contribution in [0.5, 0.6) is 5.75 Å². The number of phenols is 1. The van der Waals surface area contributed by atoms with E-state index in [1.807, 2.05) is 61.5 Å². The van der Waals surface area contributed by atoms with Crippen LogP contribution in [0, 0.1) is 6.92 Å². The zero-order valence-electron chi connectivity index (χ0n) is 21.1. The number of carboxylic acids is 1. The maximum atomic E-state index is 11.7. The number of carbonyl (C=O) groups is 2. The van der Waals surface area contributed by atoms with Crippen LogP contribution in [-0.4, -0.2) is 27.1 Å². The highest BCUT2D eigenvalue weighted by atomic mass is 35.5. The number of carboxylic acid groups (broad SMARTS) is 1. The number of hydrogen-bond donors (Lipinski definition) is 3. The van der Waals surface area contributed by atoms with Crippen molar-refractivity contribution in [2.75, 3.05) is 5.32 Å². The lowest BCUT2D eigenvalue weighted by Crippen LogP contribution is -2.02. The average Bonchev–Trinajstić information content (AvgIpc) is 3.17. The van der Waals surface area contributed by atoms with Crippen molar-refractivity contribution in [2.45, 2.75) is 34.1 Å². The number of anilines is 1.